The van der Waals surface area contributed by atoms with Crippen LogP contribution in [0.3, 0.4) is 0 Å². The molecule has 0 spiro atoms. The summed E-state index contributed by atoms with van der Waals surface area (Å²) in [6.07, 6.45) is 8.56. The quantitative estimate of drug-likeness (QED) is 0.810. The van der Waals surface area contributed by atoms with Crippen LogP contribution in [0, 0.1) is 0 Å². The van der Waals surface area contributed by atoms with Crippen molar-refractivity contribution in [2.45, 2.75) is 50.6 Å². The fourth-order valence-corrected chi connectivity index (χ4v) is 2.55. The topological polar surface area (TPSA) is 42.7 Å². The second-order valence-electron chi connectivity index (χ2n) is 4.76. The molecule has 1 aliphatic carbocycles. The number of nitrogens with zero attached hydrogens (tertiary/aromatic N) is 3. The van der Waals surface area contributed by atoms with Crippen LogP contribution in [0.5, 0.6) is 0 Å². The van der Waals surface area contributed by atoms with Crippen LogP contribution in [0.25, 0.3) is 0 Å². The highest BCUT2D eigenvalue weighted by molar-refractivity contribution is 5.07. The van der Waals surface area contributed by atoms with Gasteiger partial charge in [-0.1, -0.05) is 11.6 Å². The number of rotatable bonds is 3. The molecular formula is C11H18N4. The molecule has 0 aromatic carbocycles. The van der Waals surface area contributed by atoms with Gasteiger partial charge in [0.15, 0.2) is 0 Å². The number of nitrogens with one attached hydrogen (secondary N) is 1. The van der Waals surface area contributed by atoms with Gasteiger partial charge in [0.1, 0.15) is 0 Å². The molecule has 0 bridgehead atoms. The Morgan fingerprint density at radius 3 is 2.93 bits per heavy atom. The van der Waals surface area contributed by atoms with Crippen molar-refractivity contribution in [2.24, 2.45) is 0 Å². The van der Waals surface area contributed by atoms with Gasteiger partial charge in [-0.15, -0.1) is 5.10 Å². The summed E-state index contributed by atoms with van der Waals surface area (Å²) in [5, 5.41) is 11.8. The van der Waals surface area contributed by atoms with E-state index in [1.165, 1.54) is 37.8 Å². The Balaban J connectivity index is 1.70. The van der Waals surface area contributed by atoms with Gasteiger partial charge < -0.3 is 5.32 Å². The van der Waals surface area contributed by atoms with Gasteiger partial charge in [-0.25, -0.2) is 4.68 Å². The van der Waals surface area contributed by atoms with Gasteiger partial charge in [0.2, 0.25) is 0 Å². The molecule has 1 atom stereocenters. The van der Waals surface area contributed by atoms with Crippen molar-refractivity contribution in [3.63, 3.8) is 0 Å². The van der Waals surface area contributed by atoms with E-state index < -0.39 is 0 Å². The van der Waals surface area contributed by atoms with Crippen molar-refractivity contribution < 1.29 is 0 Å². The summed E-state index contributed by atoms with van der Waals surface area (Å²) >= 11 is 0. The third kappa shape index (κ3) is 1.78. The Kier molecular flexibility index (Phi) is 2.44. The lowest BCUT2D eigenvalue weighted by Crippen LogP contribution is -2.29. The molecule has 82 valence electrons. The summed E-state index contributed by atoms with van der Waals surface area (Å²) in [6.45, 7) is 2.17. The van der Waals surface area contributed by atoms with Gasteiger partial charge in [-0.3, -0.25) is 0 Å². The van der Waals surface area contributed by atoms with E-state index in [9.17, 15) is 0 Å². The molecule has 1 N–H and O–H groups in total. The highest BCUT2D eigenvalue weighted by Gasteiger charge is 2.25. The van der Waals surface area contributed by atoms with Crippen LogP contribution in [-0.4, -0.2) is 27.6 Å². The first kappa shape index (κ1) is 9.33. The average molecular weight is 206 g/mol. The third-order valence-electron chi connectivity index (χ3n) is 3.73. The Hall–Kier alpha value is -0.900. The lowest BCUT2D eigenvalue weighted by atomic mass is 9.83. The maximum Gasteiger partial charge on any atom is 0.0728 e. The molecule has 0 amide bonds. The predicted molar refractivity (Wildman–Crippen MR) is 57.6 cm³/mol. The smallest absolute Gasteiger partial charge is 0.0728 e. The summed E-state index contributed by atoms with van der Waals surface area (Å²) in [5.41, 5.74) is 1.36. The number of hydrogen-bond acceptors (Lipinski definition) is 3. The second kappa shape index (κ2) is 3.93. The molecule has 1 saturated carbocycles. The van der Waals surface area contributed by atoms with Gasteiger partial charge in [0.05, 0.1) is 18.4 Å². The molecule has 1 saturated heterocycles. The van der Waals surface area contributed by atoms with Crippen LogP contribution in [0.4, 0.5) is 0 Å². The minimum absolute atomic E-state index is 0.616. The van der Waals surface area contributed by atoms with E-state index in [4.69, 9.17) is 0 Å². The van der Waals surface area contributed by atoms with E-state index in [1.807, 2.05) is 6.20 Å². The molecule has 2 aliphatic rings. The van der Waals surface area contributed by atoms with Gasteiger partial charge in [-0.05, 0) is 32.2 Å². The van der Waals surface area contributed by atoms with E-state index in [0.29, 0.717) is 6.04 Å². The Labute approximate surface area is 90.0 Å². The summed E-state index contributed by atoms with van der Waals surface area (Å²) < 4.78 is 2.12. The fourth-order valence-electron chi connectivity index (χ4n) is 2.55. The van der Waals surface area contributed by atoms with Crippen LogP contribution in [0.2, 0.25) is 0 Å². The van der Waals surface area contributed by atoms with E-state index >= 15 is 0 Å². The van der Waals surface area contributed by atoms with Crippen LogP contribution in [-0.2, 0) is 6.54 Å². The van der Waals surface area contributed by atoms with Crippen molar-refractivity contribution >= 4 is 0 Å². The normalized spacial score (nSPS) is 26.8. The Bertz CT molecular complexity index is 323. The van der Waals surface area contributed by atoms with E-state index in [1.54, 1.807) is 0 Å². The first-order valence-electron chi connectivity index (χ1n) is 6.05. The zero-order chi connectivity index (χ0) is 10.1. The minimum atomic E-state index is 0.616. The van der Waals surface area contributed by atoms with Crippen LogP contribution >= 0.6 is 0 Å². The van der Waals surface area contributed by atoms with Crippen molar-refractivity contribution in [1.29, 1.82) is 0 Å². The highest BCUT2D eigenvalue weighted by atomic mass is 15.4. The van der Waals surface area contributed by atoms with Crippen molar-refractivity contribution in [3.05, 3.63) is 11.9 Å². The third-order valence-corrected chi connectivity index (χ3v) is 3.73. The predicted octanol–water partition coefficient (Wildman–Crippen LogP) is 1.30. The molecule has 1 aromatic heterocycles. The summed E-state index contributed by atoms with van der Waals surface area (Å²) in [7, 11) is 0. The standard InChI is InChI=1S/C11H18N4/c1-3-9(4-1)11-7-13-14-15(11)8-10-5-2-6-12-10/h7,9-10,12H,1-6,8H2. The lowest BCUT2D eigenvalue weighted by molar-refractivity contribution is 0.372. The van der Waals surface area contributed by atoms with E-state index in [-0.39, 0.29) is 0 Å². The molecular weight excluding hydrogens is 188 g/mol. The monoisotopic (exact) mass is 206 g/mol. The molecule has 1 unspecified atom stereocenters. The molecule has 2 heterocycles. The zero-order valence-corrected chi connectivity index (χ0v) is 9.02. The van der Waals surface area contributed by atoms with Gasteiger partial charge >= 0.3 is 0 Å². The highest BCUT2D eigenvalue weighted by Crippen LogP contribution is 2.35. The molecule has 3 rings (SSSR count). The molecule has 15 heavy (non-hydrogen) atoms. The molecule has 1 aromatic rings. The minimum Gasteiger partial charge on any atom is -0.312 e. The fraction of sp³-hybridized carbons (Fsp3) is 0.818. The maximum atomic E-state index is 4.21. The average Bonchev–Trinajstić information content (AvgIpc) is 2.76. The van der Waals surface area contributed by atoms with Crippen molar-refractivity contribution in [3.8, 4) is 0 Å². The molecule has 2 fully saturated rings. The van der Waals surface area contributed by atoms with Crippen LogP contribution in [0.15, 0.2) is 6.20 Å². The largest absolute Gasteiger partial charge is 0.312 e. The molecule has 4 nitrogen and oxygen atoms in total. The lowest BCUT2D eigenvalue weighted by Gasteiger charge is -2.26. The van der Waals surface area contributed by atoms with Gasteiger partial charge in [-0.2, -0.15) is 0 Å². The maximum absolute atomic E-state index is 4.21. The number of aromatic nitrogens is 3. The van der Waals surface area contributed by atoms with Crippen LogP contribution < -0.4 is 5.32 Å². The van der Waals surface area contributed by atoms with Crippen molar-refractivity contribution in [2.75, 3.05) is 6.54 Å². The zero-order valence-electron chi connectivity index (χ0n) is 9.02. The summed E-state index contributed by atoms with van der Waals surface area (Å²) in [4.78, 5) is 0. The molecule has 4 heteroatoms. The van der Waals surface area contributed by atoms with Gasteiger partial charge in [0.25, 0.3) is 0 Å². The SMILES string of the molecule is c1nnn(CC2CCCN2)c1C1CCC1. The first-order chi connectivity index (χ1) is 7.43. The second-order valence-corrected chi connectivity index (χ2v) is 4.76. The van der Waals surface area contributed by atoms with Crippen molar-refractivity contribution in [1.82, 2.24) is 20.3 Å². The van der Waals surface area contributed by atoms with Gasteiger partial charge in [0, 0.05) is 12.0 Å². The molecule has 1 aliphatic heterocycles. The Morgan fingerprint density at radius 2 is 2.27 bits per heavy atom. The van der Waals surface area contributed by atoms with E-state index in [0.717, 1.165) is 19.0 Å². The van der Waals surface area contributed by atoms with E-state index in [2.05, 4.69) is 20.3 Å². The molecule has 0 radical (unpaired) electrons. The summed E-state index contributed by atoms with van der Waals surface area (Å²) in [6, 6.07) is 0.616. The van der Waals surface area contributed by atoms with Crippen LogP contribution in [0.1, 0.15) is 43.7 Å². The number of hydrogen-bond donors (Lipinski definition) is 1. The first-order valence-corrected chi connectivity index (χ1v) is 6.05. The summed E-state index contributed by atoms with van der Waals surface area (Å²) in [5.74, 6) is 0.737. The Morgan fingerprint density at radius 1 is 1.33 bits per heavy atom.